The van der Waals surface area contributed by atoms with Crippen LogP contribution in [0.15, 0.2) is 42.7 Å². The molecule has 0 atom stereocenters. The molecule has 0 N–H and O–H groups in total. The van der Waals surface area contributed by atoms with E-state index in [2.05, 4.69) is 40.8 Å². The van der Waals surface area contributed by atoms with Gasteiger partial charge >= 0.3 is 6.01 Å². The summed E-state index contributed by atoms with van der Waals surface area (Å²) in [6.45, 7) is 8.52. The molecule has 1 amide bonds. The molecule has 0 spiro atoms. The highest BCUT2D eigenvalue weighted by Crippen LogP contribution is 2.19. The Morgan fingerprint density at radius 1 is 1.08 bits per heavy atom. The van der Waals surface area contributed by atoms with Crippen LogP contribution in [0.1, 0.15) is 25.8 Å². The molecule has 1 fully saturated rings. The standard InChI is InChI=1S/C20H26N4O2/c1-16(2)14-24-13-12-23(11-8-19(24)25)15-17-4-6-18(7-5-17)26-20-21-9-3-10-22-20/h3-7,9-10,16H,8,11-15H2,1-2H3. The molecule has 3 rings (SSSR count). The first-order valence-electron chi connectivity index (χ1n) is 9.14. The normalized spacial score (nSPS) is 16.0. The maximum Gasteiger partial charge on any atom is 0.321 e. The van der Waals surface area contributed by atoms with Crippen LogP contribution in [-0.2, 0) is 11.3 Å². The molecule has 0 unspecified atom stereocenters. The highest BCUT2D eigenvalue weighted by molar-refractivity contribution is 5.76. The molecule has 0 radical (unpaired) electrons. The van der Waals surface area contributed by atoms with Crippen molar-refractivity contribution in [3.05, 3.63) is 48.3 Å². The molecule has 0 bridgehead atoms. The van der Waals surface area contributed by atoms with Crippen LogP contribution in [0.25, 0.3) is 0 Å². The summed E-state index contributed by atoms with van der Waals surface area (Å²) in [6, 6.07) is 10.1. The molecular weight excluding hydrogens is 328 g/mol. The largest absolute Gasteiger partial charge is 0.424 e. The predicted octanol–water partition coefficient (Wildman–Crippen LogP) is 2.96. The molecule has 1 aliphatic heterocycles. The van der Waals surface area contributed by atoms with Gasteiger partial charge in [-0.1, -0.05) is 26.0 Å². The Bertz CT molecular complexity index is 704. The SMILES string of the molecule is CC(C)CN1CCN(Cc2ccc(Oc3ncccn3)cc2)CCC1=O. The molecule has 1 aromatic heterocycles. The smallest absolute Gasteiger partial charge is 0.321 e. The van der Waals surface area contributed by atoms with Gasteiger partial charge in [-0.2, -0.15) is 0 Å². The number of aromatic nitrogens is 2. The van der Waals surface area contributed by atoms with Crippen LogP contribution in [0.4, 0.5) is 0 Å². The highest BCUT2D eigenvalue weighted by atomic mass is 16.5. The lowest BCUT2D eigenvalue weighted by atomic mass is 10.2. The van der Waals surface area contributed by atoms with Crippen molar-refractivity contribution in [3.63, 3.8) is 0 Å². The van der Waals surface area contributed by atoms with Crippen molar-refractivity contribution in [2.45, 2.75) is 26.8 Å². The first kappa shape index (κ1) is 18.3. The number of hydrogen-bond donors (Lipinski definition) is 0. The van der Waals surface area contributed by atoms with Crippen molar-refractivity contribution in [2.24, 2.45) is 5.92 Å². The Morgan fingerprint density at radius 3 is 2.50 bits per heavy atom. The third-order valence-electron chi connectivity index (χ3n) is 4.35. The van der Waals surface area contributed by atoms with Gasteiger partial charge < -0.3 is 9.64 Å². The van der Waals surface area contributed by atoms with E-state index in [4.69, 9.17) is 4.74 Å². The molecule has 2 heterocycles. The van der Waals surface area contributed by atoms with Crippen LogP contribution in [0, 0.1) is 5.92 Å². The molecule has 6 heteroatoms. The van der Waals surface area contributed by atoms with Gasteiger partial charge in [0, 0.05) is 51.5 Å². The minimum absolute atomic E-state index is 0.271. The van der Waals surface area contributed by atoms with E-state index in [1.165, 1.54) is 5.56 Å². The maximum atomic E-state index is 12.2. The van der Waals surface area contributed by atoms with Gasteiger partial charge in [0.15, 0.2) is 0 Å². The molecule has 26 heavy (non-hydrogen) atoms. The fraction of sp³-hybridized carbons (Fsp3) is 0.450. The fourth-order valence-corrected chi connectivity index (χ4v) is 3.07. The maximum absolute atomic E-state index is 12.2. The summed E-state index contributed by atoms with van der Waals surface area (Å²) in [7, 11) is 0. The molecular formula is C20H26N4O2. The Kier molecular flexibility index (Phi) is 6.17. The summed E-state index contributed by atoms with van der Waals surface area (Å²) in [6.07, 6.45) is 3.90. The van der Waals surface area contributed by atoms with Crippen LogP contribution in [0.3, 0.4) is 0 Å². The fourth-order valence-electron chi connectivity index (χ4n) is 3.07. The molecule has 1 saturated heterocycles. The molecule has 0 aliphatic carbocycles. The van der Waals surface area contributed by atoms with Gasteiger partial charge in [0.05, 0.1) is 0 Å². The third kappa shape index (κ3) is 5.26. The van der Waals surface area contributed by atoms with Gasteiger partial charge in [0.1, 0.15) is 5.75 Å². The minimum Gasteiger partial charge on any atom is -0.424 e. The first-order valence-corrected chi connectivity index (χ1v) is 9.14. The van der Waals surface area contributed by atoms with Crippen LogP contribution in [-0.4, -0.2) is 51.9 Å². The van der Waals surface area contributed by atoms with E-state index in [0.717, 1.165) is 32.7 Å². The number of hydrogen-bond acceptors (Lipinski definition) is 5. The van der Waals surface area contributed by atoms with Crippen LogP contribution in [0.5, 0.6) is 11.8 Å². The predicted molar refractivity (Wildman–Crippen MR) is 99.9 cm³/mol. The second-order valence-electron chi connectivity index (χ2n) is 7.04. The summed E-state index contributed by atoms with van der Waals surface area (Å²) >= 11 is 0. The number of nitrogens with zero attached hydrogens (tertiary/aromatic N) is 4. The van der Waals surface area contributed by atoms with Gasteiger partial charge in [-0.05, 0) is 29.7 Å². The molecule has 0 saturated carbocycles. The number of carbonyl (C=O) groups is 1. The summed E-state index contributed by atoms with van der Waals surface area (Å²) in [4.78, 5) is 24.7. The summed E-state index contributed by atoms with van der Waals surface area (Å²) < 4.78 is 5.62. The van der Waals surface area contributed by atoms with Crippen LogP contribution >= 0.6 is 0 Å². The third-order valence-corrected chi connectivity index (χ3v) is 4.35. The summed E-state index contributed by atoms with van der Waals surface area (Å²) in [5.41, 5.74) is 1.20. The molecule has 1 aliphatic rings. The minimum atomic E-state index is 0.271. The van der Waals surface area contributed by atoms with Crippen LogP contribution < -0.4 is 4.74 Å². The van der Waals surface area contributed by atoms with Crippen LogP contribution in [0.2, 0.25) is 0 Å². The van der Waals surface area contributed by atoms with Gasteiger partial charge in [-0.15, -0.1) is 0 Å². The van der Waals surface area contributed by atoms with Crippen molar-refractivity contribution < 1.29 is 9.53 Å². The first-order chi connectivity index (χ1) is 12.6. The van der Waals surface area contributed by atoms with Gasteiger partial charge in [0.25, 0.3) is 0 Å². The highest BCUT2D eigenvalue weighted by Gasteiger charge is 2.21. The number of benzene rings is 1. The Labute approximate surface area is 154 Å². The lowest BCUT2D eigenvalue weighted by Gasteiger charge is -2.23. The zero-order valence-corrected chi connectivity index (χ0v) is 15.5. The number of rotatable bonds is 6. The van der Waals surface area contributed by atoms with E-state index in [9.17, 15) is 4.79 Å². The van der Waals surface area contributed by atoms with Crippen molar-refractivity contribution >= 4 is 5.91 Å². The monoisotopic (exact) mass is 354 g/mol. The Morgan fingerprint density at radius 2 is 1.81 bits per heavy atom. The van der Waals surface area contributed by atoms with Crippen molar-refractivity contribution in [1.29, 1.82) is 0 Å². The average molecular weight is 354 g/mol. The molecule has 1 aromatic carbocycles. The van der Waals surface area contributed by atoms with E-state index >= 15 is 0 Å². The quantitative estimate of drug-likeness (QED) is 0.798. The van der Waals surface area contributed by atoms with Crippen molar-refractivity contribution in [2.75, 3.05) is 26.2 Å². The zero-order valence-electron chi connectivity index (χ0n) is 15.5. The van der Waals surface area contributed by atoms with E-state index in [0.29, 0.717) is 24.1 Å². The summed E-state index contributed by atoms with van der Waals surface area (Å²) in [5.74, 6) is 1.49. The van der Waals surface area contributed by atoms with Gasteiger partial charge in [0.2, 0.25) is 5.91 Å². The Balaban J connectivity index is 1.55. The topological polar surface area (TPSA) is 58.6 Å². The molecule has 6 nitrogen and oxygen atoms in total. The molecule has 138 valence electrons. The van der Waals surface area contributed by atoms with Gasteiger partial charge in [-0.25, -0.2) is 9.97 Å². The van der Waals surface area contributed by atoms with Crippen molar-refractivity contribution in [3.8, 4) is 11.8 Å². The zero-order chi connectivity index (χ0) is 18.4. The lowest BCUT2D eigenvalue weighted by molar-refractivity contribution is -0.130. The number of ether oxygens (including phenoxy) is 1. The molecule has 2 aromatic rings. The van der Waals surface area contributed by atoms with E-state index in [-0.39, 0.29) is 5.91 Å². The van der Waals surface area contributed by atoms with E-state index in [1.807, 2.05) is 17.0 Å². The second kappa shape index (κ2) is 8.76. The number of carbonyl (C=O) groups excluding carboxylic acids is 1. The summed E-state index contributed by atoms with van der Waals surface area (Å²) in [5, 5.41) is 0. The van der Waals surface area contributed by atoms with E-state index in [1.54, 1.807) is 18.5 Å². The van der Waals surface area contributed by atoms with E-state index < -0.39 is 0 Å². The average Bonchev–Trinajstić information content (AvgIpc) is 2.80. The van der Waals surface area contributed by atoms with Gasteiger partial charge in [-0.3, -0.25) is 9.69 Å². The van der Waals surface area contributed by atoms with Crippen molar-refractivity contribution in [1.82, 2.24) is 19.8 Å². The Hall–Kier alpha value is -2.47. The number of amides is 1. The lowest BCUT2D eigenvalue weighted by Crippen LogP contribution is -2.35. The second-order valence-corrected chi connectivity index (χ2v) is 7.04.